The number of carbonyl (C=O) groups is 1. The molecule has 2 aromatic rings. The summed E-state index contributed by atoms with van der Waals surface area (Å²) in [6.07, 6.45) is -1.11. The van der Waals surface area contributed by atoms with Crippen LogP contribution in [-0.4, -0.2) is 60.5 Å². The van der Waals surface area contributed by atoms with Gasteiger partial charge in [-0.2, -0.15) is 0 Å². The van der Waals surface area contributed by atoms with Crippen LogP contribution in [0, 0.1) is 6.92 Å². The van der Waals surface area contributed by atoms with Gasteiger partial charge in [-0.3, -0.25) is 9.69 Å². The summed E-state index contributed by atoms with van der Waals surface area (Å²) in [5, 5.41) is 14.0. The fourth-order valence-electron chi connectivity index (χ4n) is 3.88. The van der Waals surface area contributed by atoms with Gasteiger partial charge in [0.25, 0.3) is 0 Å². The van der Waals surface area contributed by atoms with Gasteiger partial charge in [0.1, 0.15) is 23.8 Å². The monoisotopic (exact) mass is 458 g/mol. The predicted molar refractivity (Wildman–Crippen MR) is 126 cm³/mol. The van der Waals surface area contributed by atoms with Crippen LogP contribution in [0.2, 0.25) is 0 Å². The average Bonchev–Trinajstić information content (AvgIpc) is 3.19. The molecule has 3 unspecified atom stereocenters. The topological polar surface area (TPSA) is 71.0 Å². The van der Waals surface area contributed by atoms with Crippen molar-refractivity contribution in [2.45, 2.75) is 58.0 Å². The third-order valence-corrected chi connectivity index (χ3v) is 5.61. The Balaban J connectivity index is 1.60. The highest BCUT2D eigenvalue weighted by Crippen LogP contribution is 2.23. The van der Waals surface area contributed by atoms with Crippen molar-refractivity contribution in [2.24, 2.45) is 0 Å². The van der Waals surface area contributed by atoms with Crippen LogP contribution in [0.5, 0.6) is 11.5 Å². The largest absolute Gasteiger partial charge is 0.493 e. The number of halogens is 1. The number of carbonyl (C=O) groups excluding carboxylic acids is 1. The zero-order chi connectivity index (χ0) is 23.8. The number of benzene rings is 2. The van der Waals surface area contributed by atoms with Gasteiger partial charge in [-0.1, -0.05) is 29.8 Å². The molecule has 0 spiro atoms. The van der Waals surface area contributed by atoms with Crippen molar-refractivity contribution in [2.75, 3.05) is 26.2 Å². The second-order valence-corrected chi connectivity index (χ2v) is 8.91. The van der Waals surface area contributed by atoms with Crippen LogP contribution < -0.4 is 14.8 Å². The van der Waals surface area contributed by atoms with Gasteiger partial charge >= 0.3 is 0 Å². The Hall–Kier alpha value is -2.64. The van der Waals surface area contributed by atoms with Crippen LogP contribution in [0.15, 0.2) is 48.5 Å². The van der Waals surface area contributed by atoms with E-state index in [9.17, 15) is 14.3 Å². The maximum absolute atomic E-state index is 13.7. The quantitative estimate of drug-likeness (QED) is 0.536. The van der Waals surface area contributed by atoms with Gasteiger partial charge in [0.2, 0.25) is 5.91 Å². The number of nitrogens with zero attached hydrogens (tertiary/aromatic N) is 1. The van der Waals surface area contributed by atoms with E-state index in [4.69, 9.17) is 9.47 Å². The van der Waals surface area contributed by atoms with Gasteiger partial charge in [0.05, 0.1) is 25.2 Å². The van der Waals surface area contributed by atoms with Crippen molar-refractivity contribution in [3.63, 3.8) is 0 Å². The fraction of sp³-hybridized carbons (Fsp3) is 0.500. The van der Waals surface area contributed by atoms with Crippen molar-refractivity contribution in [1.29, 1.82) is 0 Å². The first-order valence-corrected chi connectivity index (χ1v) is 11.6. The minimum atomic E-state index is -0.932. The minimum Gasteiger partial charge on any atom is -0.493 e. The number of likely N-dealkylation sites (tertiary alicyclic amines) is 1. The molecule has 6 nitrogen and oxygen atoms in total. The molecule has 33 heavy (non-hydrogen) atoms. The van der Waals surface area contributed by atoms with Gasteiger partial charge in [-0.15, -0.1) is 0 Å². The van der Waals surface area contributed by atoms with E-state index in [-0.39, 0.29) is 25.0 Å². The van der Waals surface area contributed by atoms with Gasteiger partial charge < -0.3 is 19.9 Å². The lowest BCUT2D eigenvalue weighted by Crippen LogP contribution is -2.47. The van der Waals surface area contributed by atoms with Crippen LogP contribution in [0.4, 0.5) is 4.39 Å². The SMILES string of the molecule is Cc1ccc(OCCC(=O)NC(CN2CCC(F)C2)C(O)c2ccc(OC(C)C)cc2)cc1. The number of hydrogen-bond donors (Lipinski definition) is 2. The van der Waals surface area contributed by atoms with E-state index < -0.39 is 18.3 Å². The zero-order valence-corrected chi connectivity index (χ0v) is 19.7. The zero-order valence-electron chi connectivity index (χ0n) is 19.7. The van der Waals surface area contributed by atoms with E-state index in [1.807, 2.05) is 49.9 Å². The molecule has 0 radical (unpaired) electrons. The smallest absolute Gasteiger partial charge is 0.223 e. The Bertz CT molecular complexity index is 873. The van der Waals surface area contributed by atoms with Crippen molar-refractivity contribution >= 4 is 5.91 Å². The van der Waals surface area contributed by atoms with E-state index in [1.165, 1.54) is 0 Å². The van der Waals surface area contributed by atoms with Gasteiger partial charge in [-0.25, -0.2) is 4.39 Å². The molecule has 1 amide bonds. The summed E-state index contributed by atoms with van der Waals surface area (Å²) in [4.78, 5) is 14.6. The summed E-state index contributed by atoms with van der Waals surface area (Å²) in [7, 11) is 0. The lowest BCUT2D eigenvalue weighted by Gasteiger charge is -2.29. The highest BCUT2D eigenvalue weighted by Gasteiger charge is 2.29. The standard InChI is InChI=1S/C26H35FN2O4/c1-18(2)33-23-10-6-20(7-11-23)26(31)24(17-29-14-12-21(27)16-29)28-25(30)13-15-32-22-8-4-19(3)5-9-22/h4-11,18,21,24,26,31H,12-17H2,1-3H3,(H,28,30). The van der Waals surface area contributed by atoms with Gasteiger partial charge in [-0.05, 0) is 57.0 Å². The van der Waals surface area contributed by atoms with Crippen LogP contribution in [-0.2, 0) is 4.79 Å². The number of aliphatic hydroxyl groups is 1. The van der Waals surface area contributed by atoms with Crippen LogP contribution in [0.25, 0.3) is 0 Å². The number of nitrogens with one attached hydrogen (secondary N) is 1. The molecule has 0 saturated carbocycles. The van der Waals surface area contributed by atoms with Crippen LogP contribution in [0.3, 0.4) is 0 Å². The maximum Gasteiger partial charge on any atom is 0.223 e. The highest BCUT2D eigenvalue weighted by atomic mass is 19.1. The molecule has 3 atom stereocenters. The van der Waals surface area contributed by atoms with E-state index in [0.717, 1.165) is 11.3 Å². The van der Waals surface area contributed by atoms with Gasteiger partial charge in [0.15, 0.2) is 0 Å². The lowest BCUT2D eigenvalue weighted by atomic mass is 10.0. The number of aliphatic hydroxyl groups excluding tert-OH is 1. The molecule has 1 aliphatic heterocycles. The third-order valence-electron chi connectivity index (χ3n) is 5.61. The molecule has 7 heteroatoms. The molecule has 1 heterocycles. The van der Waals surface area contributed by atoms with Crippen LogP contribution >= 0.6 is 0 Å². The first-order chi connectivity index (χ1) is 15.8. The second kappa shape index (κ2) is 12.0. The normalized spacial score (nSPS) is 18.2. The molecule has 0 bridgehead atoms. The summed E-state index contributed by atoms with van der Waals surface area (Å²) in [6.45, 7) is 7.43. The summed E-state index contributed by atoms with van der Waals surface area (Å²) >= 11 is 0. The number of alkyl halides is 1. The molecular formula is C26H35FN2O4. The second-order valence-electron chi connectivity index (χ2n) is 8.91. The lowest BCUT2D eigenvalue weighted by molar-refractivity contribution is -0.123. The molecule has 1 saturated heterocycles. The Labute approximate surface area is 195 Å². The Morgan fingerprint density at radius 1 is 1.15 bits per heavy atom. The van der Waals surface area contributed by atoms with Crippen molar-refractivity contribution in [1.82, 2.24) is 10.2 Å². The molecule has 3 rings (SSSR count). The first-order valence-electron chi connectivity index (χ1n) is 11.6. The van der Waals surface area contributed by atoms with Crippen molar-refractivity contribution in [3.8, 4) is 11.5 Å². The van der Waals surface area contributed by atoms with E-state index in [2.05, 4.69) is 5.32 Å². The number of amides is 1. The predicted octanol–water partition coefficient (Wildman–Crippen LogP) is 3.81. The molecule has 0 aliphatic carbocycles. The first kappa shape index (κ1) is 25.0. The highest BCUT2D eigenvalue weighted by molar-refractivity contribution is 5.76. The van der Waals surface area contributed by atoms with Crippen molar-refractivity contribution in [3.05, 3.63) is 59.7 Å². The average molecular weight is 459 g/mol. The molecule has 2 aromatic carbocycles. The Morgan fingerprint density at radius 2 is 1.82 bits per heavy atom. The van der Waals surface area contributed by atoms with Crippen molar-refractivity contribution < 1.29 is 23.8 Å². The molecule has 0 aromatic heterocycles. The molecule has 2 N–H and O–H groups in total. The van der Waals surface area contributed by atoms with E-state index >= 15 is 0 Å². The molecule has 1 aliphatic rings. The maximum atomic E-state index is 13.7. The summed E-state index contributed by atoms with van der Waals surface area (Å²) < 4.78 is 25.0. The molecule has 180 valence electrons. The molecule has 1 fully saturated rings. The Morgan fingerprint density at radius 3 is 2.42 bits per heavy atom. The minimum absolute atomic E-state index is 0.0544. The fourth-order valence-corrected chi connectivity index (χ4v) is 3.88. The van der Waals surface area contributed by atoms with Crippen LogP contribution in [0.1, 0.15) is 43.9 Å². The summed E-state index contributed by atoms with van der Waals surface area (Å²) in [6, 6.07) is 14.3. The number of aryl methyl sites for hydroxylation is 1. The van der Waals surface area contributed by atoms with E-state index in [0.29, 0.717) is 37.4 Å². The van der Waals surface area contributed by atoms with E-state index in [1.54, 1.807) is 24.3 Å². The van der Waals surface area contributed by atoms with Gasteiger partial charge in [0, 0.05) is 19.6 Å². The Kier molecular flexibility index (Phi) is 9.09. The number of ether oxygens (including phenoxy) is 2. The number of rotatable bonds is 11. The number of hydrogen-bond acceptors (Lipinski definition) is 5. The summed E-state index contributed by atoms with van der Waals surface area (Å²) in [5.74, 6) is 1.20. The molecular weight excluding hydrogens is 423 g/mol. The third kappa shape index (κ3) is 8.02. The summed E-state index contributed by atoms with van der Waals surface area (Å²) in [5.41, 5.74) is 1.81.